The minimum atomic E-state index is -0.795. The molecule has 32 heavy (non-hydrogen) atoms. The first kappa shape index (κ1) is 21.4. The molecule has 1 amide bonds. The molecule has 1 fully saturated rings. The Morgan fingerprint density at radius 1 is 1.19 bits per heavy atom. The fraction of sp³-hybridized carbons (Fsp3) is 0.333. The number of carbonyl (C=O) groups is 1. The summed E-state index contributed by atoms with van der Waals surface area (Å²) in [5, 5.41) is 18.4. The van der Waals surface area contributed by atoms with E-state index in [-0.39, 0.29) is 6.61 Å². The number of anilines is 1. The van der Waals surface area contributed by atoms with Crippen LogP contribution in [0.5, 0.6) is 0 Å². The molecule has 2 aromatic heterocycles. The van der Waals surface area contributed by atoms with Crippen molar-refractivity contribution in [2.75, 3.05) is 11.9 Å². The van der Waals surface area contributed by atoms with E-state index in [4.69, 9.17) is 14.3 Å². The maximum absolute atomic E-state index is 12.2. The molecule has 1 aromatic carbocycles. The van der Waals surface area contributed by atoms with Crippen LogP contribution in [0.4, 0.5) is 10.6 Å². The van der Waals surface area contributed by atoms with Crippen molar-refractivity contribution in [3.05, 3.63) is 65.6 Å². The molecule has 1 aliphatic carbocycles. The van der Waals surface area contributed by atoms with Crippen molar-refractivity contribution in [1.82, 2.24) is 25.2 Å². The number of oxime groups is 1. The number of carbonyl (C=O) groups excluding carboxylic acids is 1. The number of tetrazole rings is 1. The minimum Gasteiger partial charge on any atom is -0.417 e. The summed E-state index contributed by atoms with van der Waals surface area (Å²) in [6, 6.07) is 14.6. The number of benzene rings is 1. The van der Waals surface area contributed by atoms with Gasteiger partial charge in [0, 0.05) is 32.1 Å². The normalized spacial score (nSPS) is 14.6. The third kappa shape index (κ3) is 5.24. The Kier molecular flexibility index (Phi) is 6.36. The van der Waals surface area contributed by atoms with Gasteiger partial charge in [-0.05, 0) is 29.5 Å². The highest BCUT2D eigenvalue weighted by molar-refractivity contribution is 6.10. The summed E-state index contributed by atoms with van der Waals surface area (Å²) in [4.78, 5) is 22.1. The van der Waals surface area contributed by atoms with Crippen molar-refractivity contribution in [3.63, 3.8) is 0 Å². The number of ether oxygens (including phenoxy) is 2. The van der Waals surface area contributed by atoms with E-state index in [0.29, 0.717) is 42.5 Å². The van der Waals surface area contributed by atoms with Gasteiger partial charge in [0.2, 0.25) is 11.6 Å². The van der Waals surface area contributed by atoms with E-state index in [2.05, 4.69) is 31.0 Å². The monoisotopic (exact) mass is 437 g/mol. The summed E-state index contributed by atoms with van der Waals surface area (Å²) in [5.41, 5.74) is 1.86. The predicted octanol–water partition coefficient (Wildman–Crippen LogP) is 2.65. The van der Waals surface area contributed by atoms with E-state index >= 15 is 0 Å². The van der Waals surface area contributed by atoms with Crippen LogP contribution in [-0.2, 0) is 28.0 Å². The van der Waals surface area contributed by atoms with Crippen LogP contribution in [0.15, 0.2) is 53.7 Å². The molecule has 0 spiro atoms. The Balaban J connectivity index is 1.41. The van der Waals surface area contributed by atoms with Gasteiger partial charge < -0.3 is 14.3 Å². The van der Waals surface area contributed by atoms with Crippen LogP contribution in [0.2, 0.25) is 0 Å². The molecule has 0 aliphatic heterocycles. The number of aromatic nitrogens is 5. The number of nitrogens with zero attached hydrogens (tertiary/aromatic N) is 6. The number of rotatable bonds is 9. The van der Waals surface area contributed by atoms with Crippen molar-refractivity contribution in [2.45, 2.75) is 32.2 Å². The first-order valence-electron chi connectivity index (χ1n) is 10.2. The van der Waals surface area contributed by atoms with Crippen LogP contribution in [0, 0.1) is 0 Å². The van der Waals surface area contributed by atoms with Crippen LogP contribution in [0.25, 0.3) is 0 Å². The van der Waals surface area contributed by atoms with E-state index in [1.54, 1.807) is 25.2 Å². The van der Waals surface area contributed by atoms with Gasteiger partial charge in [-0.1, -0.05) is 41.6 Å². The lowest BCUT2D eigenvalue weighted by Gasteiger charge is -2.16. The molecular weight excluding hydrogens is 414 g/mol. The van der Waals surface area contributed by atoms with E-state index < -0.39 is 11.9 Å². The largest absolute Gasteiger partial charge is 0.417 e. The van der Waals surface area contributed by atoms with E-state index in [0.717, 1.165) is 5.56 Å². The lowest BCUT2D eigenvalue weighted by molar-refractivity contribution is -0.120. The zero-order valence-electron chi connectivity index (χ0n) is 17.8. The molecule has 0 unspecified atom stereocenters. The molecular formula is C21H23N7O4. The third-order valence-corrected chi connectivity index (χ3v) is 4.63. The number of nitrogens with one attached hydrogen (secondary N) is 1. The molecule has 4 rings (SSSR count). The van der Waals surface area contributed by atoms with Crippen LogP contribution in [0.3, 0.4) is 0 Å². The molecule has 0 radical (unpaired) electrons. The summed E-state index contributed by atoms with van der Waals surface area (Å²) in [7, 11) is 1.72. The molecule has 0 saturated heterocycles. The average molecular weight is 437 g/mol. The van der Waals surface area contributed by atoms with Crippen molar-refractivity contribution in [1.29, 1.82) is 0 Å². The molecule has 2 heterocycles. The first-order valence-corrected chi connectivity index (χ1v) is 10.2. The van der Waals surface area contributed by atoms with Gasteiger partial charge in [-0.3, -0.25) is 5.32 Å². The van der Waals surface area contributed by atoms with Gasteiger partial charge in [-0.25, -0.2) is 14.5 Å². The summed E-state index contributed by atoms with van der Waals surface area (Å²) < 4.78 is 12.3. The molecule has 1 N–H and O–H groups in total. The van der Waals surface area contributed by atoms with E-state index in [1.807, 2.05) is 37.3 Å². The molecule has 3 aromatic rings. The maximum Gasteiger partial charge on any atom is 0.415 e. The van der Waals surface area contributed by atoms with Crippen LogP contribution >= 0.6 is 0 Å². The first-order chi connectivity index (χ1) is 15.6. The third-order valence-electron chi connectivity index (χ3n) is 4.63. The lowest BCUT2D eigenvalue weighted by Crippen LogP contribution is -2.26. The Morgan fingerprint density at radius 2 is 2.00 bits per heavy atom. The Hall–Kier alpha value is -3.86. The second-order valence-corrected chi connectivity index (χ2v) is 7.08. The van der Waals surface area contributed by atoms with Gasteiger partial charge in [0.25, 0.3) is 0 Å². The Labute approximate surface area is 184 Å². The fourth-order valence-corrected chi connectivity index (χ4v) is 2.98. The zero-order chi connectivity index (χ0) is 22.4. The lowest BCUT2D eigenvalue weighted by atomic mass is 10.1. The second kappa shape index (κ2) is 9.52. The Bertz CT molecular complexity index is 1100. The topological polar surface area (TPSA) is 126 Å². The van der Waals surface area contributed by atoms with Crippen LogP contribution in [0.1, 0.15) is 36.8 Å². The molecule has 0 atom stereocenters. The average Bonchev–Trinajstić information content (AvgIpc) is 3.40. The van der Waals surface area contributed by atoms with E-state index in [9.17, 15) is 4.79 Å². The number of aryl methyl sites for hydroxylation is 1. The smallest absolute Gasteiger partial charge is 0.415 e. The number of pyridine rings is 1. The molecule has 1 aliphatic rings. The van der Waals surface area contributed by atoms with Gasteiger partial charge in [-0.2, -0.15) is 0 Å². The van der Waals surface area contributed by atoms with Gasteiger partial charge in [-0.15, -0.1) is 5.10 Å². The number of hydrogen-bond acceptors (Lipinski definition) is 9. The summed E-state index contributed by atoms with van der Waals surface area (Å²) >= 11 is 0. The molecule has 11 nitrogen and oxygen atoms in total. The highest BCUT2D eigenvalue weighted by atomic mass is 16.7. The van der Waals surface area contributed by atoms with Crippen molar-refractivity contribution >= 4 is 17.6 Å². The van der Waals surface area contributed by atoms with Gasteiger partial charge in [0.05, 0.1) is 5.69 Å². The molecule has 0 bridgehead atoms. The standard InChI is InChI=1S/C21H23N7O4/c1-3-30-21(12-13-21)32-20(29)23-17-11-7-10-16(22-17)14-31-25-18(15-8-5-4-6-9-15)19-24-26-27-28(19)2/h4-11H,3,12-14H2,1-2H3,(H,22,23,29)/b25-18-. The van der Waals surface area contributed by atoms with Gasteiger partial charge in [0.15, 0.2) is 12.3 Å². The van der Waals surface area contributed by atoms with Crippen LogP contribution in [-0.4, -0.2) is 49.4 Å². The van der Waals surface area contributed by atoms with E-state index in [1.165, 1.54) is 4.68 Å². The fourth-order valence-electron chi connectivity index (χ4n) is 2.98. The molecule has 166 valence electrons. The Morgan fingerprint density at radius 3 is 2.69 bits per heavy atom. The highest BCUT2D eigenvalue weighted by Crippen LogP contribution is 2.40. The maximum atomic E-state index is 12.2. The summed E-state index contributed by atoms with van der Waals surface area (Å²) in [5.74, 6) is 0.00959. The zero-order valence-corrected chi connectivity index (χ0v) is 17.8. The van der Waals surface area contributed by atoms with Crippen molar-refractivity contribution in [2.24, 2.45) is 12.2 Å². The predicted molar refractivity (Wildman–Crippen MR) is 114 cm³/mol. The van der Waals surface area contributed by atoms with Gasteiger partial charge >= 0.3 is 6.09 Å². The van der Waals surface area contributed by atoms with Crippen LogP contribution < -0.4 is 5.32 Å². The summed E-state index contributed by atoms with van der Waals surface area (Å²) in [6.07, 6.45) is 0.775. The SMILES string of the molecule is CCOC1(OC(=O)Nc2cccc(CO/N=C(/c3ccccc3)c3nnnn3C)n2)CC1. The summed E-state index contributed by atoms with van der Waals surface area (Å²) in [6.45, 7) is 2.42. The molecule has 1 saturated carbocycles. The quantitative estimate of drug-likeness (QED) is 0.308. The van der Waals surface area contributed by atoms with Crippen molar-refractivity contribution in [3.8, 4) is 0 Å². The van der Waals surface area contributed by atoms with Crippen molar-refractivity contribution < 1.29 is 19.1 Å². The minimum absolute atomic E-state index is 0.0784. The highest BCUT2D eigenvalue weighted by Gasteiger charge is 2.48. The second-order valence-electron chi connectivity index (χ2n) is 7.08. The number of amides is 1. The number of hydrogen-bond donors (Lipinski definition) is 1. The van der Waals surface area contributed by atoms with Gasteiger partial charge in [0.1, 0.15) is 5.82 Å². The molecule has 11 heteroatoms.